The van der Waals surface area contributed by atoms with Crippen molar-refractivity contribution in [1.29, 1.82) is 0 Å². The fourth-order valence-corrected chi connectivity index (χ4v) is 4.56. The molecule has 3 rings (SSSR count). The molecule has 2 aromatic carbocycles. The molecule has 0 aliphatic rings. The minimum absolute atomic E-state index is 0.209. The van der Waals surface area contributed by atoms with E-state index >= 15 is 0 Å². The van der Waals surface area contributed by atoms with Gasteiger partial charge in [-0.25, -0.2) is 0 Å². The molecule has 0 saturated heterocycles. The van der Waals surface area contributed by atoms with Gasteiger partial charge in [0.25, 0.3) is 5.91 Å². The third kappa shape index (κ3) is 4.22. The molecule has 3 aromatic rings. The number of carbonyl (C=O) groups is 1. The van der Waals surface area contributed by atoms with Crippen molar-refractivity contribution in [3.8, 4) is 0 Å². The SMILES string of the molecule is CSCCn1c(=NC(=O)c2ccc(N(C)C)cc2)sc2cc(Br)ccc21. The molecule has 136 valence electrons. The van der Waals surface area contributed by atoms with Crippen LogP contribution in [0, 0.1) is 0 Å². The number of thioether (sulfide) groups is 1. The standard InChI is InChI=1S/C19H20BrN3OS2/c1-22(2)15-7-4-13(5-8-15)18(24)21-19-23(10-11-25-3)16-9-6-14(20)12-17(16)26-19/h4-9,12H,10-11H2,1-3H3. The van der Waals surface area contributed by atoms with Crippen LogP contribution < -0.4 is 9.70 Å². The van der Waals surface area contributed by atoms with E-state index in [1.54, 1.807) is 23.1 Å². The second kappa shape index (κ2) is 8.41. The molecule has 0 saturated carbocycles. The Labute approximate surface area is 169 Å². The molecular formula is C19H20BrN3OS2. The minimum Gasteiger partial charge on any atom is -0.378 e. The van der Waals surface area contributed by atoms with E-state index in [0.29, 0.717) is 5.56 Å². The lowest BCUT2D eigenvalue weighted by molar-refractivity contribution is 0.0998. The molecule has 0 aliphatic heterocycles. The molecule has 1 heterocycles. The molecule has 7 heteroatoms. The number of anilines is 1. The number of carbonyl (C=O) groups excluding carboxylic acids is 1. The van der Waals surface area contributed by atoms with Crippen molar-refractivity contribution >= 4 is 60.8 Å². The second-order valence-electron chi connectivity index (χ2n) is 6.00. The number of aromatic nitrogens is 1. The van der Waals surface area contributed by atoms with Crippen molar-refractivity contribution in [3.63, 3.8) is 0 Å². The predicted octanol–water partition coefficient (Wildman–Crippen LogP) is 4.64. The van der Waals surface area contributed by atoms with Gasteiger partial charge in [-0.2, -0.15) is 16.8 Å². The van der Waals surface area contributed by atoms with Crippen molar-refractivity contribution in [1.82, 2.24) is 4.57 Å². The molecule has 0 aliphatic carbocycles. The van der Waals surface area contributed by atoms with E-state index in [0.717, 1.165) is 37.5 Å². The lowest BCUT2D eigenvalue weighted by atomic mass is 10.2. The average Bonchev–Trinajstić information content (AvgIpc) is 2.95. The largest absolute Gasteiger partial charge is 0.378 e. The number of hydrogen-bond donors (Lipinski definition) is 0. The van der Waals surface area contributed by atoms with Gasteiger partial charge in [-0.1, -0.05) is 27.3 Å². The lowest BCUT2D eigenvalue weighted by Gasteiger charge is -2.11. The highest BCUT2D eigenvalue weighted by atomic mass is 79.9. The van der Waals surface area contributed by atoms with E-state index in [1.807, 2.05) is 49.3 Å². The molecule has 0 spiro atoms. The smallest absolute Gasteiger partial charge is 0.279 e. The zero-order chi connectivity index (χ0) is 18.7. The number of benzene rings is 2. The molecular weight excluding hydrogens is 430 g/mol. The highest BCUT2D eigenvalue weighted by molar-refractivity contribution is 9.10. The summed E-state index contributed by atoms with van der Waals surface area (Å²) in [5.74, 6) is 0.764. The Bertz CT molecular complexity index is 990. The lowest BCUT2D eigenvalue weighted by Crippen LogP contribution is -2.18. The number of hydrogen-bond acceptors (Lipinski definition) is 4. The van der Waals surface area contributed by atoms with Crippen LogP contribution >= 0.6 is 39.0 Å². The molecule has 0 N–H and O–H groups in total. The summed E-state index contributed by atoms with van der Waals surface area (Å²) in [4.78, 5) is 19.8. The molecule has 1 amide bonds. The Morgan fingerprint density at radius 3 is 2.62 bits per heavy atom. The maximum absolute atomic E-state index is 12.7. The van der Waals surface area contributed by atoms with Gasteiger partial charge in [0, 0.05) is 42.1 Å². The first-order valence-electron chi connectivity index (χ1n) is 8.14. The molecule has 4 nitrogen and oxygen atoms in total. The highest BCUT2D eigenvalue weighted by Crippen LogP contribution is 2.22. The first-order valence-corrected chi connectivity index (χ1v) is 11.1. The van der Waals surface area contributed by atoms with Crippen molar-refractivity contribution in [2.75, 3.05) is 31.0 Å². The van der Waals surface area contributed by atoms with Crippen LogP contribution in [0.2, 0.25) is 0 Å². The maximum atomic E-state index is 12.7. The molecule has 0 radical (unpaired) electrons. The zero-order valence-electron chi connectivity index (χ0n) is 14.9. The van der Waals surface area contributed by atoms with Crippen LogP contribution in [0.25, 0.3) is 10.2 Å². The summed E-state index contributed by atoms with van der Waals surface area (Å²) in [5, 5.41) is 0. The summed E-state index contributed by atoms with van der Waals surface area (Å²) in [6.07, 6.45) is 2.08. The van der Waals surface area contributed by atoms with E-state index in [2.05, 4.69) is 43.9 Å². The molecule has 1 aromatic heterocycles. The fourth-order valence-electron chi connectivity index (χ4n) is 2.58. The summed E-state index contributed by atoms with van der Waals surface area (Å²) in [5.41, 5.74) is 2.77. The minimum atomic E-state index is -0.209. The number of amides is 1. The number of nitrogens with zero attached hydrogens (tertiary/aromatic N) is 3. The molecule has 26 heavy (non-hydrogen) atoms. The van der Waals surface area contributed by atoms with Crippen LogP contribution in [0.3, 0.4) is 0 Å². The first-order chi connectivity index (χ1) is 12.5. The Balaban J connectivity index is 2.03. The van der Waals surface area contributed by atoms with Gasteiger partial charge in [-0.3, -0.25) is 4.79 Å². The Kier molecular flexibility index (Phi) is 6.21. The topological polar surface area (TPSA) is 37.6 Å². The van der Waals surface area contributed by atoms with Gasteiger partial charge < -0.3 is 9.47 Å². The average molecular weight is 450 g/mol. The summed E-state index contributed by atoms with van der Waals surface area (Å²) in [6, 6.07) is 13.7. The van der Waals surface area contributed by atoms with Gasteiger partial charge in [0.05, 0.1) is 10.2 Å². The van der Waals surface area contributed by atoms with E-state index in [4.69, 9.17) is 0 Å². The molecule has 0 bridgehead atoms. The summed E-state index contributed by atoms with van der Waals surface area (Å²) >= 11 is 6.85. The van der Waals surface area contributed by atoms with E-state index in [-0.39, 0.29) is 5.91 Å². The molecule has 0 unspecified atom stereocenters. The van der Waals surface area contributed by atoms with Crippen LogP contribution in [0.15, 0.2) is 51.9 Å². The number of fused-ring (bicyclic) bond motifs is 1. The van der Waals surface area contributed by atoms with Gasteiger partial charge in [-0.15, -0.1) is 0 Å². The van der Waals surface area contributed by atoms with Crippen molar-refractivity contribution in [2.45, 2.75) is 6.54 Å². The normalized spacial score (nSPS) is 11.9. The molecule has 0 fully saturated rings. The number of rotatable bonds is 5. The number of halogens is 1. The van der Waals surface area contributed by atoms with Crippen LogP contribution in [-0.4, -0.2) is 36.6 Å². The van der Waals surface area contributed by atoms with Crippen molar-refractivity contribution in [3.05, 3.63) is 57.3 Å². The summed E-state index contributed by atoms with van der Waals surface area (Å²) in [7, 11) is 3.95. The van der Waals surface area contributed by atoms with Crippen LogP contribution in [-0.2, 0) is 6.54 Å². The summed E-state index contributed by atoms with van der Waals surface area (Å²) < 4.78 is 4.28. The van der Waals surface area contributed by atoms with E-state index in [1.165, 1.54) is 0 Å². The number of thiazole rings is 1. The van der Waals surface area contributed by atoms with Gasteiger partial charge in [0.1, 0.15) is 0 Å². The van der Waals surface area contributed by atoms with Crippen molar-refractivity contribution in [2.24, 2.45) is 4.99 Å². The van der Waals surface area contributed by atoms with Crippen molar-refractivity contribution < 1.29 is 4.79 Å². The zero-order valence-corrected chi connectivity index (χ0v) is 18.1. The Hall–Kier alpha value is -1.57. The Morgan fingerprint density at radius 2 is 1.96 bits per heavy atom. The predicted molar refractivity (Wildman–Crippen MR) is 117 cm³/mol. The quantitative estimate of drug-likeness (QED) is 0.569. The van der Waals surface area contributed by atoms with E-state index < -0.39 is 0 Å². The number of aryl methyl sites for hydroxylation is 1. The summed E-state index contributed by atoms with van der Waals surface area (Å²) in [6.45, 7) is 0.828. The monoisotopic (exact) mass is 449 g/mol. The third-order valence-electron chi connectivity index (χ3n) is 3.99. The van der Waals surface area contributed by atoms with Crippen LogP contribution in [0.4, 0.5) is 5.69 Å². The third-order valence-corrected chi connectivity index (χ3v) is 6.12. The second-order valence-corrected chi connectivity index (χ2v) is 8.91. The van der Waals surface area contributed by atoms with Crippen LogP contribution in [0.1, 0.15) is 10.4 Å². The maximum Gasteiger partial charge on any atom is 0.279 e. The Morgan fingerprint density at radius 1 is 1.23 bits per heavy atom. The fraction of sp³-hybridized carbons (Fsp3) is 0.263. The van der Waals surface area contributed by atoms with Crippen LogP contribution in [0.5, 0.6) is 0 Å². The van der Waals surface area contributed by atoms with Gasteiger partial charge in [-0.05, 0) is 48.7 Å². The van der Waals surface area contributed by atoms with Gasteiger partial charge >= 0.3 is 0 Å². The van der Waals surface area contributed by atoms with Gasteiger partial charge in [0.2, 0.25) is 0 Å². The highest BCUT2D eigenvalue weighted by Gasteiger charge is 2.10. The molecule has 0 atom stereocenters. The first kappa shape index (κ1) is 19.2. The van der Waals surface area contributed by atoms with Gasteiger partial charge in [0.15, 0.2) is 4.80 Å². The van der Waals surface area contributed by atoms with E-state index in [9.17, 15) is 4.79 Å².